The Morgan fingerprint density at radius 1 is 1.56 bits per heavy atom. The van der Waals surface area contributed by atoms with E-state index >= 15 is 0 Å². The van der Waals surface area contributed by atoms with Crippen LogP contribution in [-0.2, 0) is 0 Å². The van der Waals surface area contributed by atoms with Gasteiger partial charge in [-0.3, -0.25) is 15.2 Å². The van der Waals surface area contributed by atoms with Crippen LogP contribution in [0.5, 0.6) is 0 Å². The first-order valence-electron chi connectivity index (χ1n) is 4.85. The van der Waals surface area contributed by atoms with E-state index in [1.807, 2.05) is 6.07 Å². The second-order valence-electron chi connectivity index (χ2n) is 3.36. The van der Waals surface area contributed by atoms with Crippen molar-refractivity contribution in [3.05, 3.63) is 39.7 Å². The van der Waals surface area contributed by atoms with E-state index in [-0.39, 0.29) is 11.3 Å². The van der Waals surface area contributed by atoms with E-state index in [9.17, 15) is 10.1 Å². The molecule has 0 saturated carbocycles. The predicted octanol–water partition coefficient (Wildman–Crippen LogP) is 2.04. The number of rotatable bonds is 3. The van der Waals surface area contributed by atoms with Gasteiger partial charge in [-0.2, -0.15) is 5.26 Å². The van der Waals surface area contributed by atoms with Gasteiger partial charge in [0.25, 0.3) is 5.69 Å². The molecule has 0 bridgehead atoms. The van der Waals surface area contributed by atoms with Crippen LogP contribution in [-0.4, -0.2) is 20.1 Å². The molecule has 0 aliphatic heterocycles. The van der Waals surface area contributed by atoms with Crippen molar-refractivity contribution in [3.63, 3.8) is 0 Å². The van der Waals surface area contributed by atoms with Crippen molar-refractivity contribution in [3.8, 4) is 6.07 Å². The highest BCUT2D eigenvalue weighted by atomic mass is 32.2. The van der Waals surface area contributed by atoms with Gasteiger partial charge in [0.15, 0.2) is 0 Å². The average molecular weight is 261 g/mol. The molecule has 0 radical (unpaired) electrons. The molecular weight excluding hydrogens is 254 g/mol. The normalized spacial score (nSPS) is 10.0. The maximum Gasteiger partial charge on any atom is 0.284 e. The van der Waals surface area contributed by atoms with Gasteiger partial charge >= 0.3 is 0 Å². The number of nitriles is 1. The molecule has 90 valence electrons. The molecule has 18 heavy (non-hydrogen) atoms. The number of aromatic nitrogens is 3. The third-order valence-electron chi connectivity index (χ3n) is 2.06. The molecule has 0 amide bonds. The fourth-order valence-electron chi connectivity index (χ4n) is 1.28. The monoisotopic (exact) mass is 261 g/mol. The number of nitro benzene ring substituents is 1. The summed E-state index contributed by atoms with van der Waals surface area (Å²) in [5.41, 5.74) is 0.124. The van der Waals surface area contributed by atoms with E-state index in [0.29, 0.717) is 15.9 Å². The Bertz CT molecular complexity index is 646. The van der Waals surface area contributed by atoms with E-state index in [4.69, 9.17) is 5.26 Å². The first-order chi connectivity index (χ1) is 8.60. The first-order valence-corrected chi connectivity index (χ1v) is 5.67. The summed E-state index contributed by atoms with van der Waals surface area (Å²) in [4.78, 5) is 14.9. The second kappa shape index (κ2) is 4.85. The molecule has 2 aromatic rings. The van der Waals surface area contributed by atoms with E-state index in [2.05, 4.69) is 15.2 Å². The van der Waals surface area contributed by atoms with E-state index in [0.717, 1.165) is 11.8 Å². The number of aryl methyl sites for hydroxylation is 1. The molecule has 1 aromatic carbocycles. The maximum atomic E-state index is 10.9. The molecule has 0 unspecified atom stereocenters. The largest absolute Gasteiger partial charge is 0.284 e. The van der Waals surface area contributed by atoms with Crippen molar-refractivity contribution in [2.75, 3.05) is 0 Å². The van der Waals surface area contributed by atoms with E-state index < -0.39 is 4.92 Å². The highest BCUT2D eigenvalue weighted by Gasteiger charge is 2.17. The molecule has 2 rings (SSSR count). The zero-order valence-corrected chi connectivity index (χ0v) is 10.1. The molecule has 0 aliphatic rings. The smallest absolute Gasteiger partial charge is 0.262 e. The lowest BCUT2D eigenvalue weighted by Crippen LogP contribution is -1.92. The quantitative estimate of drug-likeness (QED) is 0.669. The molecule has 7 nitrogen and oxygen atoms in total. The summed E-state index contributed by atoms with van der Waals surface area (Å²) in [6.07, 6.45) is 0. The van der Waals surface area contributed by atoms with Crippen LogP contribution >= 0.6 is 11.8 Å². The van der Waals surface area contributed by atoms with Crippen molar-refractivity contribution < 1.29 is 4.92 Å². The minimum atomic E-state index is -0.525. The number of hydrogen-bond donors (Lipinski definition) is 1. The van der Waals surface area contributed by atoms with E-state index in [1.54, 1.807) is 6.92 Å². The zero-order chi connectivity index (χ0) is 13.1. The van der Waals surface area contributed by atoms with Crippen LogP contribution in [0.15, 0.2) is 28.3 Å². The predicted molar refractivity (Wildman–Crippen MR) is 63.1 cm³/mol. The number of nitrogens with one attached hydrogen (secondary N) is 1. The Morgan fingerprint density at radius 2 is 2.33 bits per heavy atom. The highest BCUT2D eigenvalue weighted by molar-refractivity contribution is 7.99. The molecule has 0 fully saturated rings. The van der Waals surface area contributed by atoms with Crippen LogP contribution in [0.1, 0.15) is 11.4 Å². The summed E-state index contributed by atoms with van der Waals surface area (Å²) in [7, 11) is 0. The summed E-state index contributed by atoms with van der Waals surface area (Å²) in [5, 5.41) is 26.6. The molecule has 0 spiro atoms. The third kappa shape index (κ3) is 2.46. The van der Waals surface area contributed by atoms with E-state index in [1.165, 1.54) is 18.2 Å². The Morgan fingerprint density at radius 3 is 2.89 bits per heavy atom. The molecule has 0 saturated heterocycles. The summed E-state index contributed by atoms with van der Waals surface area (Å²) < 4.78 is 0. The molecule has 1 N–H and O–H groups in total. The Kier molecular flexibility index (Phi) is 3.25. The van der Waals surface area contributed by atoms with Gasteiger partial charge in [-0.15, -0.1) is 5.10 Å². The molecule has 0 atom stereocenters. The minimum absolute atomic E-state index is 0.124. The first kappa shape index (κ1) is 12.1. The van der Waals surface area contributed by atoms with Crippen LogP contribution in [0.2, 0.25) is 0 Å². The van der Waals surface area contributed by atoms with Crippen molar-refractivity contribution >= 4 is 17.4 Å². The van der Waals surface area contributed by atoms with Crippen LogP contribution in [0, 0.1) is 28.4 Å². The third-order valence-corrected chi connectivity index (χ3v) is 2.99. The Balaban J connectivity index is 2.38. The van der Waals surface area contributed by atoms with Gasteiger partial charge in [-0.05, 0) is 30.8 Å². The fraction of sp³-hybridized carbons (Fsp3) is 0.100. The Hall–Kier alpha value is -2.40. The van der Waals surface area contributed by atoms with Crippen LogP contribution < -0.4 is 0 Å². The molecule has 0 aliphatic carbocycles. The number of hydrogen-bond acceptors (Lipinski definition) is 6. The number of nitrogens with zero attached hydrogens (tertiary/aromatic N) is 4. The summed E-state index contributed by atoms with van der Waals surface area (Å²) in [6, 6.07) is 6.15. The van der Waals surface area contributed by atoms with Gasteiger partial charge in [-0.1, -0.05) is 0 Å². The summed E-state index contributed by atoms with van der Waals surface area (Å²) in [6.45, 7) is 1.74. The second-order valence-corrected chi connectivity index (χ2v) is 4.37. The van der Waals surface area contributed by atoms with Gasteiger partial charge in [0.1, 0.15) is 5.82 Å². The van der Waals surface area contributed by atoms with Crippen LogP contribution in [0.25, 0.3) is 0 Å². The molecule has 1 aromatic heterocycles. The molecule has 8 heteroatoms. The number of aromatic amines is 1. The lowest BCUT2D eigenvalue weighted by atomic mass is 10.2. The highest BCUT2D eigenvalue weighted by Crippen LogP contribution is 2.33. The van der Waals surface area contributed by atoms with Crippen molar-refractivity contribution in [2.45, 2.75) is 17.0 Å². The fourth-order valence-corrected chi connectivity index (χ4v) is 2.13. The lowest BCUT2D eigenvalue weighted by molar-refractivity contribution is -0.387. The van der Waals surface area contributed by atoms with Gasteiger partial charge in [0.2, 0.25) is 5.16 Å². The summed E-state index contributed by atoms with van der Waals surface area (Å²) in [5.74, 6) is 0.633. The van der Waals surface area contributed by atoms with Crippen LogP contribution in [0.4, 0.5) is 5.69 Å². The molecule has 1 heterocycles. The minimum Gasteiger partial charge on any atom is -0.262 e. The van der Waals surface area contributed by atoms with Crippen LogP contribution in [0.3, 0.4) is 0 Å². The van der Waals surface area contributed by atoms with Gasteiger partial charge in [0.05, 0.1) is 21.5 Å². The Labute approximate surface area is 106 Å². The van der Waals surface area contributed by atoms with Gasteiger partial charge in [0, 0.05) is 6.07 Å². The van der Waals surface area contributed by atoms with Crippen molar-refractivity contribution in [1.82, 2.24) is 15.2 Å². The van der Waals surface area contributed by atoms with Crippen molar-refractivity contribution in [2.24, 2.45) is 0 Å². The summed E-state index contributed by atoms with van der Waals surface area (Å²) >= 11 is 1.08. The molecular formula is C10H7N5O2S. The number of H-pyrrole nitrogens is 1. The van der Waals surface area contributed by atoms with Crippen molar-refractivity contribution in [1.29, 1.82) is 5.26 Å². The van der Waals surface area contributed by atoms with Gasteiger partial charge < -0.3 is 0 Å². The lowest BCUT2D eigenvalue weighted by Gasteiger charge is -1.99. The number of benzene rings is 1. The average Bonchev–Trinajstić information content (AvgIpc) is 2.75. The number of nitro groups is 1. The van der Waals surface area contributed by atoms with Gasteiger partial charge in [-0.25, -0.2) is 4.98 Å². The maximum absolute atomic E-state index is 10.9. The SMILES string of the molecule is Cc1nc(Sc2ccc(C#N)cc2[N+](=O)[O-])n[nH]1. The standard InChI is InChI=1S/C10H7N5O2S/c1-6-12-10(14-13-6)18-9-3-2-7(5-11)4-8(9)15(16)17/h2-4H,1H3,(H,12,13,14). The zero-order valence-electron chi connectivity index (χ0n) is 9.25. The topological polar surface area (TPSA) is 108 Å².